The summed E-state index contributed by atoms with van der Waals surface area (Å²) in [7, 11) is 0. The summed E-state index contributed by atoms with van der Waals surface area (Å²) in [4.78, 5) is 20.1. The number of anilines is 1. The fourth-order valence-corrected chi connectivity index (χ4v) is 1.76. The highest BCUT2D eigenvalue weighted by Gasteiger charge is 2.10. The number of benzene rings is 1. The van der Waals surface area contributed by atoms with E-state index in [1.807, 2.05) is 26.0 Å². The molecule has 1 N–H and O–H groups in total. The molecule has 1 heterocycles. The molecule has 1 aromatic carbocycles. The number of nitrogens with zero attached hydrogens (tertiary/aromatic N) is 2. The molecule has 2 aromatic rings. The lowest BCUT2D eigenvalue weighted by molar-refractivity contribution is 0.102. The molecule has 0 aliphatic rings. The average molecular weight is 306 g/mol. The first kappa shape index (κ1) is 12.7. The summed E-state index contributed by atoms with van der Waals surface area (Å²) in [6, 6.07) is 5.64. The van der Waals surface area contributed by atoms with E-state index in [4.69, 9.17) is 0 Å². The van der Waals surface area contributed by atoms with Crippen LogP contribution in [-0.4, -0.2) is 15.9 Å². The van der Waals surface area contributed by atoms with E-state index in [2.05, 4.69) is 31.2 Å². The maximum Gasteiger partial charge on any atom is 0.257 e. The van der Waals surface area contributed by atoms with Crippen LogP contribution in [0.4, 0.5) is 5.82 Å². The predicted molar refractivity (Wildman–Crippen MR) is 73.6 cm³/mol. The lowest BCUT2D eigenvalue weighted by atomic mass is 10.0. The zero-order valence-corrected chi connectivity index (χ0v) is 11.7. The summed E-state index contributed by atoms with van der Waals surface area (Å²) in [5, 5.41) is 2.72. The number of nitrogens with one attached hydrogen (secondary N) is 1. The van der Waals surface area contributed by atoms with Gasteiger partial charge in [0.2, 0.25) is 0 Å². The molecular weight excluding hydrogens is 294 g/mol. The van der Waals surface area contributed by atoms with Gasteiger partial charge in [0, 0.05) is 5.56 Å². The number of halogens is 1. The van der Waals surface area contributed by atoms with Crippen molar-refractivity contribution in [3.63, 3.8) is 0 Å². The van der Waals surface area contributed by atoms with E-state index in [1.165, 1.54) is 6.20 Å². The number of aryl methyl sites for hydroxylation is 1. The molecule has 1 amide bonds. The highest BCUT2D eigenvalue weighted by molar-refractivity contribution is 9.10. The monoisotopic (exact) mass is 305 g/mol. The lowest BCUT2D eigenvalue weighted by Crippen LogP contribution is -2.14. The molecule has 0 atom stereocenters. The van der Waals surface area contributed by atoms with Gasteiger partial charge in [-0.2, -0.15) is 0 Å². The Hall–Kier alpha value is -1.75. The molecule has 0 aliphatic carbocycles. The van der Waals surface area contributed by atoms with Crippen LogP contribution in [0, 0.1) is 13.8 Å². The summed E-state index contributed by atoms with van der Waals surface area (Å²) < 4.78 is 0.632. The molecule has 1 aromatic heterocycles. The quantitative estimate of drug-likeness (QED) is 0.927. The van der Waals surface area contributed by atoms with Crippen LogP contribution in [0.5, 0.6) is 0 Å². The highest BCUT2D eigenvalue weighted by atomic mass is 79.9. The second-order valence-electron chi connectivity index (χ2n) is 3.93. The Labute approximate surface area is 114 Å². The molecule has 0 spiro atoms. The summed E-state index contributed by atoms with van der Waals surface area (Å²) in [5.41, 5.74) is 2.71. The first-order valence-electron chi connectivity index (χ1n) is 5.43. The Balaban J connectivity index is 2.22. The zero-order chi connectivity index (χ0) is 13.1. The van der Waals surface area contributed by atoms with Gasteiger partial charge in [0.1, 0.15) is 4.60 Å². The largest absolute Gasteiger partial charge is 0.305 e. The minimum atomic E-state index is -0.173. The van der Waals surface area contributed by atoms with Gasteiger partial charge in [-0.25, -0.2) is 9.97 Å². The van der Waals surface area contributed by atoms with Crippen LogP contribution in [0.2, 0.25) is 0 Å². The molecule has 2 rings (SSSR count). The standard InChI is InChI=1S/C13H12BrN3O/c1-8-4-3-5-10(9(8)2)13(18)17-12-7-15-11(14)6-16-12/h3-7H,1-2H3,(H,16,17,18). The van der Waals surface area contributed by atoms with E-state index in [1.54, 1.807) is 12.3 Å². The Morgan fingerprint density at radius 3 is 2.67 bits per heavy atom. The smallest absolute Gasteiger partial charge is 0.257 e. The summed E-state index contributed by atoms with van der Waals surface area (Å²) in [5.74, 6) is 0.261. The summed E-state index contributed by atoms with van der Waals surface area (Å²) in [6.45, 7) is 3.91. The third-order valence-corrected chi connectivity index (χ3v) is 3.12. The van der Waals surface area contributed by atoms with Gasteiger partial charge in [0.15, 0.2) is 5.82 Å². The van der Waals surface area contributed by atoms with Crippen molar-refractivity contribution in [3.05, 3.63) is 51.9 Å². The van der Waals surface area contributed by atoms with Gasteiger partial charge >= 0.3 is 0 Å². The first-order valence-corrected chi connectivity index (χ1v) is 6.22. The van der Waals surface area contributed by atoms with Crippen LogP contribution >= 0.6 is 15.9 Å². The second kappa shape index (κ2) is 5.27. The Kier molecular flexibility index (Phi) is 3.72. The maximum absolute atomic E-state index is 12.1. The molecule has 18 heavy (non-hydrogen) atoms. The number of hydrogen-bond acceptors (Lipinski definition) is 3. The minimum absolute atomic E-state index is 0.173. The van der Waals surface area contributed by atoms with Gasteiger partial charge in [-0.3, -0.25) is 4.79 Å². The fraction of sp³-hybridized carbons (Fsp3) is 0.154. The molecule has 0 radical (unpaired) electrons. The van der Waals surface area contributed by atoms with Gasteiger partial charge in [-0.05, 0) is 47.0 Å². The van der Waals surface area contributed by atoms with Crippen molar-refractivity contribution in [1.29, 1.82) is 0 Å². The van der Waals surface area contributed by atoms with Crippen molar-refractivity contribution >= 4 is 27.7 Å². The number of rotatable bonds is 2. The van der Waals surface area contributed by atoms with Crippen molar-refractivity contribution < 1.29 is 4.79 Å². The van der Waals surface area contributed by atoms with Gasteiger partial charge in [-0.1, -0.05) is 12.1 Å². The SMILES string of the molecule is Cc1cccc(C(=O)Nc2cnc(Br)cn2)c1C. The molecule has 0 bridgehead atoms. The van der Waals surface area contributed by atoms with Crippen LogP contribution in [-0.2, 0) is 0 Å². The van der Waals surface area contributed by atoms with Crippen LogP contribution in [0.25, 0.3) is 0 Å². The summed E-state index contributed by atoms with van der Waals surface area (Å²) >= 11 is 3.19. The van der Waals surface area contributed by atoms with Crippen LogP contribution in [0.3, 0.4) is 0 Å². The van der Waals surface area contributed by atoms with Gasteiger partial charge < -0.3 is 5.32 Å². The number of aromatic nitrogens is 2. The van der Waals surface area contributed by atoms with E-state index in [-0.39, 0.29) is 5.91 Å². The van der Waals surface area contributed by atoms with Crippen LogP contribution in [0.1, 0.15) is 21.5 Å². The molecule has 0 saturated heterocycles. The van der Waals surface area contributed by atoms with E-state index in [0.717, 1.165) is 11.1 Å². The lowest BCUT2D eigenvalue weighted by Gasteiger charge is -2.08. The Morgan fingerprint density at radius 1 is 1.22 bits per heavy atom. The summed E-state index contributed by atoms with van der Waals surface area (Å²) in [6.07, 6.45) is 3.05. The predicted octanol–water partition coefficient (Wildman–Crippen LogP) is 3.11. The number of carbonyl (C=O) groups is 1. The van der Waals surface area contributed by atoms with E-state index in [9.17, 15) is 4.79 Å². The van der Waals surface area contributed by atoms with Crippen molar-refractivity contribution in [2.75, 3.05) is 5.32 Å². The van der Waals surface area contributed by atoms with Crippen LogP contribution in [0.15, 0.2) is 35.2 Å². The minimum Gasteiger partial charge on any atom is -0.305 e. The highest BCUT2D eigenvalue weighted by Crippen LogP contribution is 2.14. The molecule has 5 heteroatoms. The molecular formula is C13H12BrN3O. The van der Waals surface area contributed by atoms with Crippen LogP contribution < -0.4 is 5.32 Å². The van der Waals surface area contributed by atoms with Gasteiger partial charge in [-0.15, -0.1) is 0 Å². The Morgan fingerprint density at radius 2 is 2.00 bits per heavy atom. The number of hydrogen-bond donors (Lipinski definition) is 1. The van der Waals surface area contributed by atoms with E-state index >= 15 is 0 Å². The average Bonchev–Trinajstić information content (AvgIpc) is 2.35. The van der Waals surface area contributed by atoms with Crippen molar-refractivity contribution in [1.82, 2.24) is 9.97 Å². The van der Waals surface area contributed by atoms with E-state index < -0.39 is 0 Å². The maximum atomic E-state index is 12.1. The van der Waals surface area contributed by atoms with Crippen molar-refractivity contribution in [2.24, 2.45) is 0 Å². The topological polar surface area (TPSA) is 54.9 Å². The fourth-order valence-electron chi connectivity index (χ4n) is 1.56. The van der Waals surface area contributed by atoms with Gasteiger partial charge in [0.25, 0.3) is 5.91 Å². The molecule has 0 unspecified atom stereocenters. The second-order valence-corrected chi connectivity index (χ2v) is 4.74. The zero-order valence-electron chi connectivity index (χ0n) is 10.1. The third kappa shape index (κ3) is 2.73. The normalized spacial score (nSPS) is 10.2. The molecule has 0 saturated carbocycles. The van der Waals surface area contributed by atoms with Crippen molar-refractivity contribution in [2.45, 2.75) is 13.8 Å². The number of carbonyl (C=O) groups excluding carboxylic acids is 1. The Bertz CT molecular complexity index is 581. The molecule has 0 aliphatic heterocycles. The molecule has 0 fully saturated rings. The molecule has 4 nitrogen and oxygen atoms in total. The number of amides is 1. The van der Waals surface area contributed by atoms with E-state index in [0.29, 0.717) is 16.0 Å². The molecule has 92 valence electrons. The van der Waals surface area contributed by atoms with Gasteiger partial charge in [0.05, 0.1) is 12.4 Å². The third-order valence-electron chi connectivity index (χ3n) is 2.71. The first-order chi connectivity index (χ1) is 8.58. The van der Waals surface area contributed by atoms with Crippen molar-refractivity contribution in [3.8, 4) is 0 Å².